The van der Waals surface area contributed by atoms with Gasteiger partial charge in [0.2, 0.25) is 5.91 Å². The van der Waals surface area contributed by atoms with Gasteiger partial charge in [-0.15, -0.1) is 0 Å². The first-order chi connectivity index (χ1) is 7.43. The lowest BCUT2D eigenvalue weighted by molar-refractivity contribution is -0.141. The number of piperidine rings is 1. The first-order valence-corrected chi connectivity index (χ1v) is 6.05. The van der Waals surface area contributed by atoms with Crippen LogP contribution < -0.4 is 0 Å². The number of likely N-dealkylation sites (tertiary alicyclic amines) is 1. The maximum Gasteiger partial charge on any atom is 0.219 e. The topological polar surface area (TPSA) is 60.8 Å². The van der Waals surface area contributed by atoms with Gasteiger partial charge in [-0.05, 0) is 5.92 Å². The van der Waals surface area contributed by atoms with Crippen molar-refractivity contribution in [1.82, 2.24) is 4.90 Å². The zero-order valence-corrected chi connectivity index (χ0v) is 11.0. The molecule has 4 heteroatoms. The number of rotatable bonds is 1. The average molecular weight is 231 g/mol. The van der Waals surface area contributed by atoms with Crippen molar-refractivity contribution in [3.05, 3.63) is 0 Å². The molecule has 0 saturated carbocycles. The maximum atomic E-state index is 11.2. The summed E-state index contributed by atoms with van der Waals surface area (Å²) in [6, 6.07) is 0. The van der Waals surface area contributed by atoms with Crippen LogP contribution in [0.1, 0.15) is 34.6 Å². The molecule has 1 aliphatic rings. The molecule has 1 amide bonds. The molecule has 1 aliphatic heterocycles. The van der Waals surface area contributed by atoms with Crippen molar-refractivity contribution in [2.24, 2.45) is 11.8 Å². The Kier molecular flexibility index (Phi) is 6.60. The number of hydrogen-bond donors (Lipinski definition) is 2. The van der Waals surface area contributed by atoms with Crippen molar-refractivity contribution in [3.8, 4) is 0 Å². The number of nitrogens with zero attached hydrogens (tertiary/aromatic N) is 1. The van der Waals surface area contributed by atoms with E-state index in [1.54, 1.807) is 4.90 Å². The van der Waals surface area contributed by atoms with E-state index in [0.29, 0.717) is 6.54 Å². The molecule has 0 radical (unpaired) electrons. The van der Waals surface area contributed by atoms with E-state index in [1.807, 2.05) is 27.7 Å². The fraction of sp³-hybridized carbons (Fsp3) is 0.917. The van der Waals surface area contributed by atoms with E-state index in [9.17, 15) is 15.0 Å². The Bertz CT molecular complexity index is 218. The molecule has 2 N–H and O–H groups in total. The zero-order chi connectivity index (χ0) is 12.9. The van der Waals surface area contributed by atoms with Crippen LogP contribution in [0.25, 0.3) is 0 Å². The van der Waals surface area contributed by atoms with Crippen LogP contribution in [0.3, 0.4) is 0 Å². The average Bonchev–Trinajstić information content (AvgIpc) is 2.24. The number of amides is 1. The molecule has 3 atom stereocenters. The van der Waals surface area contributed by atoms with Crippen molar-refractivity contribution >= 4 is 5.91 Å². The molecule has 0 aromatic heterocycles. The highest BCUT2D eigenvalue weighted by molar-refractivity contribution is 5.73. The van der Waals surface area contributed by atoms with E-state index >= 15 is 0 Å². The van der Waals surface area contributed by atoms with E-state index in [4.69, 9.17) is 0 Å². The van der Waals surface area contributed by atoms with Gasteiger partial charge in [0.05, 0.1) is 12.2 Å². The smallest absolute Gasteiger partial charge is 0.219 e. The Morgan fingerprint density at radius 2 is 1.75 bits per heavy atom. The predicted octanol–water partition coefficient (Wildman–Crippen LogP) is 0.869. The van der Waals surface area contributed by atoms with Gasteiger partial charge >= 0.3 is 0 Å². The fourth-order valence-corrected chi connectivity index (χ4v) is 1.92. The van der Waals surface area contributed by atoms with Crippen LogP contribution in [0.4, 0.5) is 0 Å². The van der Waals surface area contributed by atoms with Gasteiger partial charge in [-0.2, -0.15) is 0 Å². The molecule has 16 heavy (non-hydrogen) atoms. The molecule has 4 nitrogen and oxygen atoms in total. The van der Waals surface area contributed by atoms with Crippen molar-refractivity contribution < 1.29 is 15.0 Å². The first-order valence-electron chi connectivity index (χ1n) is 6.05. The summed E-state index contributed by atoms with van der Waals surface area (Å²) >= 11 is 0. The number of hydrogen-bond acceptors (Lipinski definition) is 3. The van der Waals surface area contributed by atoms with Crippen molar-refractivity contribution in [3.63, 3.8) is 0 Å². The van der Waals surface area contributed by atoms with Crippen LogP contribution in [-0.2, 0) is 4.79 Å². The molecular weight excluding hydrogens is 206 g/mol. The monoisotopic (exact) mass is 231 g/mol. The second-order valence-corrected chi connectivity index (χ2v) is 4.39. The summed E-state index contributed by atoms with van der Waals surface area (Å²) in [5, 5.41) is 19.3. The van der Waals surface area contributed by atoms with Crippen molar-refractivity contribution in [2.75, 3.05) is 13.1 Å². The van der Waals surface area contributed by atoms with Gasteiger partial charge in [0, 0.05) is 25.9 Å². The molecule has 0 bridgehead atoms. The maximum absolute atomic E-state index is 11.2. The molecule has 0 aromatic rings. The van der Waals surface area contributed by atoms with Crippen LogP contribution in [0.15, 0.2) is 0 Å². The third kappa shape index (κ3) is 3.76. The van der Waals surface area contributed by atoms with E-state index in [-0.39, 0.29) is 24.3 Å². The Hall–Kier alpha value is -0.610. The molecule has 1 rings (SSSR count). The molecular formula is C12H25NO3. The van der Waals surface area contributed by atoms with Gasteiger partial charge < -0.3 is 15.1 Å². The van der Waals surface area contributed by atoms with E-state index < -0.39 is 12.2 Å². The quantitative estimate of drug-likeness (QED) is 0.704. The number of aliphatic hydroxyl groups is 2. The lowest BCUT2D eigenvalue weighted by Crippen LogP contribution is -2.55. The first kappa shape index (κ1) is 15.4. The van der Waals surface area contributed by atoms with Gasteiger partial charge in [0.1, 0.15) is 0 Å². The van der Waals surface area contributed by atoms with Gasteiger partial charge in [-0.25, -0.2) is 0 Å². The number of aliphatic hydroxyl groups excluding tert-OH is 2. The normalized spacial score (nSPS) is 29.8. The zero-order valence-electron chi connectivity index (χ0n) is 11.0. The lowest BCUT2D eigenvalue weighted by Gasteiger charge is -2.40. The predicted molar refractivity (Wildman–Crippen MR) is 63.9 cm³/mol. The molecule has 0 aromatic carbocycles. The highest BCUT2D eigenvalue weighted by atomic mass is 16.3. The Labute approximate surface area is 98.3 Å². The number of carbonyl (C=O) groups is 1. The standard InChI is InChI=1S/C10H19NO3.C2H6/c1-6(2)8-4-11(7(3)12)5-9(13)10(8)14;1-2/h6,8-10,13-14H,4-5H2,1-3H3;1-2H3. The summed E-state index contributed by atoms with van der Waals surface area (Å²) in [7, 11) is 0. The van der Waals surface area contributed by atoms with Crippen molar-refractivity contribution in [1.29, 1.82) is 0 Å². The SMILES string of the molecule is CC.CC(=O)N1CC(O)C(O)C(C(C)C)C1. The summed E-state index contributed by atoms with van der Waals surface area (Å²) < 4.78 is 0. The summed E-state index contributed by atoms with van der Waals surface area (Å²) in [6.07, 6.45) is -1.51. The van der Waals surface area contributed by atoms with E-state index in [0.717, 1.165) is 0 Å². The number of carbonyl (C=O) groups excluding carboxylic acids is 1. The van der Waals surface area contributed by atoms with Gasteiger partial charge in [-0.3, -0.25) is 4.79 Å². The summed E-state index contributed by atoms with van der Waals surface area (Å²) in [6.45, 7) is 10.3. The molecule has 1 saturated heterocycles. The summed E-state index contributed by atoms with van der Waals surface area (Å²) in [5.74, 6) is 0.200. The fourth-order valence-electron chi connectivity index (χ4n) is 1.92. The van der Waals surface area contributed by atoms with Gasteiger partial charge in [0.15, 0.2) is 0 Å². The van der Waals surface area contributed by atoms with Crippen LogP contribution in [-0.4, -0.2) is 46.3 Å². The van der Waals surface area contributed by atoms with Gasteiger partial charge in [-0.1, -0.05) is 27.7 Å². The van der Waals surface area contributed by atoms with Crippen LogP contribution in [0, 0.1) is 11.8 Å². The second kappa shape index (κ2) is 6.86. The summed E-state index contributed by atoms with van der Waals surface area (Å²) in [4.78, 5) is 12.8. The Balaban J connectivity index is 0.00000106. The largest absolute Gasteiger partial charge is 0.390 e. The van der Waals surface area contributed by atoms with E-state index in [1.165, 1.54) is 6.92 Å². The molecule has 1 fully saturated rings. The molecule has 1 heterocycles. The number of β-amino-alcohol motifs (C(OH)–C–C–N with tert-alkyl or cyclic N) is 1. The lowest BCUT2D eigenvalue weighted by atomic mass is 9.84. The van der Waals surface area contributed by atoms with Crippen LogP contribution in [0.2, 0.25) is 0 Å². The highest BCUT2D eigenvalue weighted by Gasteiger charge is 2.36. The molecule has 0 spiro atoms. The molecule has 96 valence electrons. The van der Waals surface area contributed by atoms with Crippen LogP contribution >= 0.6 is 0 Å². The highest BCUT2D eigenvalue weighted by Crippen LogP contribution is 2.24. The van der Waals surface area contributed by atoms with E-state index in [2.05, 4.69) is 0 Å². The Morgan fingerprint density at radius 1 is 1.25 bits per heavy atom. The minimum atomic E-state index is -0.806. The second-order valence-electron chi connectivity index (χ2n) is 4.39. The van der Waals surface area contributed by atoms with Gasteiger partial charge in [0.25, 0.3) is 0 Å². The van der Waals surface area contributed by atoms with Crippen molar-refractivity contribution in [2.45, 2.75) is 46.8 Å². The minimum Gasteiger partial charge on any atom is -0.390 e. The minimum absolute atomic E-state index is 0.0253. The molecule has 0 aliphatic carbocycles. The summed E-state index contributed by atoms with van der Waals surface area (Å²) in [5.41, 5.74) is 0. The Morgan fingerprint density at radius 3 is 2.12 bits per heavy atom. The third-order valence-corrected chi connectivity index (χ3v) is 2.97. The molecule has 3 unspecified atom stereocenters. The van der Waals surface area contributed by atoms with Crippen LogP contribution in [0.5, 0.6) is 0 Å². The third-order valence-electron chi connectivity index (χ3n) is 2.97.